The molecule has 1 amide bonds. The third-order valence-corrected chi connectivity index (χ3v) is 5.34. The minimum atomic E-state index is -4.32. The van der Waals surface area contributed by atoms with E-state index < -0.39 is 40.3 Å². The molecule has 0 aromatic heterocycles. The van der Waals surface area contributed by atoms with Crippen LogP contribution in [0, 0.1) is 5.41 Å². The molecular weight excluding hydrogens is 416 g/mol. The van der Waals surface area contributed by atoms with Crippen LogP contribution >= 0.6 is 0 Å². The second-order valence-electron chi connectivity index (χ2n) is 6.08. The lowest BCUT2D eigenvalue weighted by Gasteiger charge is -2.13. The lowest BCUT2D eigenvalue weighted by molar-refractivity contribution is -0.145. The maximum absolute atomic E-state index is 12.3. The minimum Gasteiger partial charge on any atom is -0.481 e. The Bertz CT molecular complexity index is 1080. The summed E-state index contributed by atoms with van der Waals surface area (Å²) >= 11 is 0. The summed E-state index contributed by atoms with van der Waals surface area (Å²) in [5.74, 6) is -3.76. The summed E-state index contributed by atoms with van der Waals surface area (Å²) in [4.78, 5) is 33.7. The fourth-order valence-electron chi connectivity index (χ4n) is 2.33. The van der Waals surface area contributed by atoms with E-state index in [0.29, 0.717) is 11.3 Å². The maximum atomic E-state index is 12.3. The second-order valence-corrected chi connectivity index (χ2v) is 7.79. The van der Waals surface area contributed by atoms with Crippen LogP contribution in [0.4, 0.5) is 5.69 Å². The highest BCUT2D eigenvalue weighted by Gasteiger charge is 2.27. The van der Waals surface area contributed by atoms with Gasteiger partial charge in [-0.3, -0.25) is 19.8 Å². The normalized spacial score (nSPS) is 12.0. The monoisotopic (exact) mass is 434 g/mol. The summed E-state index contributed by atoms with van der Waals surface area (Å²) in [7, 11) is -4.32. The number of amidine groups is 1. The van der Waals surface area contributed by atoms with Gasteiger partial charge in [-0.1, -0.05) is 0 Å². The van der Waals surface area contributed by atoms with Crippen molar-refractivity contribution in [2.45, 2.75) is 17.4 Å². The van der Waals surface area contributed by atoms with E-state index >= 15 is 0 Å². The van der Waals surface area contributed by atoms with Crippen molar-refractivity contribution in [3.8, 4) is 0 Å². The standard InChI is InChI=1S/C18H18N4O7S/c19-16(20)10-1-5-12(6-2-10)21-17(25)11-3-7-13(8-4-11)30(28,29)22-14(18(26)27)9-15(23)24/h1-8,14,22H,9H2,(H3,19,20)(H,21,25)(H,23,24)(H,26,27)/t14-/m0/s1. The zero-order valence-corrected chi connectivity index (χ0v) is 16.1. The van der Waals surface area contributed by atoms with Crippen molar-refractivity contribution >= 4 is 39.4 Å². The molecule has 1 atom stereocenters. The first kappa shape index (κ1) is 22.5. The summed E-state index contributed by atoms with van der Waals surface area (Å²) in [6.07, 6.45) is -0.933. The van der Waals surface area contributed by atoms with E-state index in [2.05, 4.69) is 5.32 Å². The van der Waals surface area contributed by atoms with E-state index in [9.17, 15) is 22.8 Å². The van der Waals surface area contributed by atoms with Gasteiger partial charge < -0.3 is 21.3 Å². The molecule has 0 saturated heterocycles. The number of carboxylic acid groups (broad SMARTS) is 2. The quantitative estimate of drug-likeness (QED) is 0.241. The highest BCUT2D eigenvalue weighted by Crippen LogP contribution is 2.15. The number of hydrogen-bond acceptors (Lipinski definition) is 6. The Morgan fingerprint density at radius 1 is 0.967 bits per heavy atom. The Labute approximate surface area is 171 Å². The van der Waals surface area contributed by atoms with Crippen molar-refractivity contribution < 1.29 is 33.0 Å². The average molecular weight is 434 g/mol. The number of benzene rings is 2. The van der Waals surface area contributed by atoms with Crippen LogP contribution in [-0.2, 0) is 19.6 Å². The SMILES string of the molecule is N=C(N)c1ccc(NC(=O)c2ccc(S(=O)(=O)N[C@@H](CC(=O)O)C(=O)O)cc2)cc1. The van der Waals surface area contributed by atoms with Gasteiger partial charge in [0.1, 0.15) is 11.9 Å². The van der Waals surface area contributed by atoms with Crippen LogP contribution < -0.4 is 15.8 Å². The summed E-state index contributed by atoms with van der Waals surface area (Å²) < 4.78 is 26.4. The molecule has 0 bridgehead atoms. The molecule has 0 unspecified atom stereocenters. The molecule has 12 heteroatoms. The van der Waals surface area contributed by atoms with Crippen LogP contribution in [0.3, 0.4) is 0 Å². The largest absolute Gasteiger partial charge is 0.481 e. The first-order valence-corrected chi connectivity index (χ1v) is 9.80. The number of rotatable bonds is 9. The number of carbonyl (C=O) groups is 3. The molecule has 0 aliphatic heterocycles. The van der Waals surface area contributed by atoms with Gasteiger partial charge in [0.2, 0.25) is 10.0 Å². The average Bonchev–Trinajstić information content (AvgIpc) is 2.67. The molecule has 0 aliphatic carbocycles. The number of nitrogens with one attached hydrogen (secondary N) is 3. The highest BCUT2D eigenvalue weighted by atomic mass is 32.2. The molecule has 0 spiro atoms. The van der Waals surface area contributed by atoms with Crippen LogP contribution in [0.25, 0.3) is 0 Å². The van der Waals surface area contributed by atoms with Crippen LogP contribution in [0.2, 0.25) is 0 Å². The fraction of sp³-hybridized carbons (Fsp3) is 0.111. The molecule has 0 fully saturated rings. The number of carbonyl (C=O) groups excluding carboxylic acids is 1. The Hall–Kier alpha value is -3.77. The predicted molar refractivity (Wildman–Crippen MR) is 106 cm³/mol. The predicted octanol–water partition coefficient (Wildman–Crippen LogP) is 0.429. The van der Waals surface area contributed by atoms with Crippen LogP contribution in [-0.4, -0.2) is 48.4 Å². The van der Waals surface area contributed by atoms with E-state index in [1.54, 1.807) is 24.3 Å². The fourth-order valence-corrected chi connectivity index (χ4v) is 3.52. The van der Waals surface area contributed by atoms with Gasteiger partial charge in [-0.25, -0.2) is 8.42 Å². The molecule has 2 aromatic rings. The summed E-state index contributed by atoms with van der Waals surface area (Å²) in [6, 6.07) is 8.99. The zero-order valence-electron chi connectivity index (χ0n) is 15.3. The number of hydrogen-bond donors (Lipinski definition) is 6. The van der Waals surface area contributed by atoms with Crippen molar-refractivity contribution in [1.82, 2.24) is 4.72 Å². The summed E-state index contributed by atoms with van der Waals surface area (Å²) in [5.41, 5.74) is 6.40. The van der Waals surface area contributed by atoms with E-state index in [-0.39, 0.29) is 16.3 Å². The number of aliphatic carboxylic acids is 2. The maximum Gasteiger partial charge on any atom is 0.322 e. The number of carboxylic acids is 2. The Morgan fingerprint density at radius 2 is 1.50 bits per heavy atom. The Morgan fingerprint density at radius 3 is 1.97 bits per heavy atom. The van der Waals surface area contributed by atoms with Crippen molar-refractivity contribution in [1.29, 1.82) is 5.41 Å². The zero-order chi connectivity index (χ0) is 22.5. The Balaban J connectivity index is 2.12. The molecule has 158 valence electrons. The smallest absolute Gasteiger partial charge is 0.322 e. The van der Waals surface area contributed by atoms with E-state index in [4.69, 9.17) is 21.4 Å². The van der Waals surface area contributed by atoms with Gasteiger partial charge in [0.15, 0.2) is 0 Å². The number of nitrogen functional groups attached to an aromatic ring is 1. The third-order valence-electron chi connectivity index (χ3n) is 3.85. The van der Waals surface area contributed by atoms with Crippen molar-refractivity contribution in [3.05, 3.63) is 59.7 Å². The van der Waals surface area contributed by atoms with E-state index in [1.807, 2.05) is 4.72 Å². The molecule has 0 saturated carbocycles. The van der Waals surface area contributed by atoms with Gasteiger partial charge in [-0.05, 0) is 48.5 Å². The van der Waals surface area contributed by atoms with Crippen molar-refractivity contribution in [2.75, 3.05) is 5.32 Å². The third kappa shape index (κ3) is 5.86. The summed E-state index contributed by atoms with van der Waals surface area (Å²) in [5, 5.41) is 27.6. The molecule has 7 N–H and O–H groups in total. The second kappa shape index (κ2) is 9.15. The van der Waals surface area contributed by atoms with Crippen molar-refractivity contribution in [3.63, 3.8) is 0 Å². The molecule has 2 aromatic carbocycles. The van der Waals surface area contributed by atoms with Crippen LogP contribution in [0.15, 0.2) is 53.4 Å². The molecule has 0 heterocycles. The number of nitrogens with two attached hydrogens (primary N) is 1. The summed E-state index contributed by atoms with van der Waals surface area (Å²) in [6.45, 7) is 0. The van der Waals surface area contributed by atoms with Crippen molar-refractivity contribution in [2.24, 2.45) is 5.73 Å². The van der Waals surface area contributed by atoms with Gasteiger partial charge in [0.25, 0.3) is 5.91 Å². The van der Waals surface area contributed by atoms with Crippen LogP contribution in [0.5, 0.6) is 0 Å². The molecule has 30 heavy (non-hydrogen) atoms. The van der Waals surface area contributed by atoms with Gasteiger partial charge in [-0.15, -0.1) is 0 Å². The van der Waals surface area contributed by atoms with Gasteiger partial charge in [-0.2, -0.15) is 4.72 Å². The molecule has 0 radical (unpaired) electrons. The molecule has 11 nitrogen and oxygen atoms in total. The topological polar surface area (TPSA) is 200 Å². The minimum absolute atomic E-state index is 0.119. The first-order valence-electron chi connectivity index (χ1n) is 8.32. The van der Waals surface area contributed by atoms with Gasteiger partial charge in [0, 0.05) is 16.8 Å². The molecule has 2 rings (SSSR count). The number of sulfonamides is 1. The lowest BCUT2D eigenvalue weighted by atomic mass is 10.1. The van der Waals surface area contributed by atoms with E-state index in [0.717, 1.165) is 12.1 Å². The number of amides is 1. The van der Waals surface area contributed by atoms with Gasteiger partial charge in [0.05, 0.1) is 11.3 Å². The molecule has 0 aliphatic rings. The lowest BCUT2D eigenvalue weighted by Crippen LogP contribution is -2.42. The highest BCUT2D eigenvalue weighted by molar-refractivity contribution is 7.89. The van der Waals surface area contributed by atoms with Gasteiger partial charge >= 0.3 is 11.9 Å². The Kier molecular flexibility index (Phi) is 6.87. The van der Waals surface area contributed by atoms with E-state index in [1.165, 1.54) is 12.1 Å². The molecular formula is C18H18N4O7S. The van der Waals surface area contributed by atoms with Crippen LogP contribution in [0.1, 0.15) is 22.3 Å². The first-order chi connectivity index (χ1) is 14.0. The number of anilines is 1.